The van der Waals surface area contributed by atoms with Gasteiger partial charge in [-0.1, -0.05) is 23.9 Å². The van der Waals surface area contributed by atoms with Gasteiger partial charge < -0.3 is 14.6 Å². The first-order chi connectivity index (χ1) is 13.6. The monoisotopic (exact) mass is 393 g/mol. The second-order valence-electron chi connectivity index (χ2n) is 6.45. The molecule has 3 aromatic rings. The summed E-state index contributed by atoms with van der Waals surface area (Å²) < 4.78 is 7.64. The number of nitrogens with zero attached hydrogens (tertiary/aromatic N) is 2. The molecular weight excluding hydrogens is 374 g/mol. The van der Waals surface area contributed by atoms with Crippen LogP contribution >= 0.6 is 11.8 Å². The number of thioether (sulfide) groups is 1. The van der Waals surface area contributed by atoms with Crippen molar-refractivity contribution in [2.75, 3.05) is 17.7 Å². The predicted octanol–water partition coefficient (Wildman–Crippen LogP) is 3.88. The summed E-state index contributed by atoms with van der Waals surface area (Å²) in [6.07, 6.45) is 2.05. The van der Waals surface area contributed by atoms with Crippen LogP contribution in [0.15, 0.2) is 59.9 Å². The van der Waals surface area contributed by atoms with Crippen LogP contribution in [0.5, 0.6) is 5.75 Å². The molecule has 6 nitrogen and oxygen atoms in total. The fourth-order valence-electron chi connectivity index (χ4n) is 2.94. The first-order valence-corrected chi connectivity index (χ1v) is 9.91. The van der Waals surface area contributed by atoms with Crippen molar-refractivity contribution < 1.29 is 14.3 Å². The van der Waals surface area contributed by atoms with E-state index in [4.69, 9.17) is 4.74 Å². The van der Waals surface area contributed by atoms with Crippen molar-refractivity contribution in [1.29, 1.82) is 0 Å². The van der Waals surface area contributed by atoms with Crippen LogP contribution < -0.4 is 10.1 Å². The Kier molecular flexibility index (Phi) is 5.16. The number of ketones is 1. The number of Topliss-reactive ketones (excluding diaryl/α,β-unsaturated/α-hetero) is 1. The molecule has 0 saturated heterocycles. The average molecular weight is 393 g/mol. The van der Waals surface area contributed by atoms with E-state index in [1.807, 2.05) is 30.5 Å². The van der Waals surface area contributed by atoms with Crippen LogP contribution in [-0.2, 0) is 11.3 Å². The minimum Gasteiger partial charge on any atom is -0.484 e. The summed E-state index contributed by atoms with van der Waals surface area (Å²) in [6.45, 7) is 2.38. The summed E-state index contributed by atoms with van der Waals surface area (Å²) in [5.74, 6) is 1.34. The summed E-state index contributed by atoms with van der Waals surface area (Å²) in [7, 11) is 0. The summed E-state index contributed by atoms with van der Waals surface area (Å²) in [6, 6.07) is 14.3. The number of hydrogen-bond acceptors (Lipinski definition) is 5. The summed E-state index contributed by atoms with van der Waals surface area (Å²) in [4.78, 5) is 28.1. The highest BCUT2D eigenvalue weighted by Crippen LogP contribution is 2.29. The number of carbonyl (C=O) groups excluding carboxylic acids is 2. The standard InChI is InChI=1S/C21H19N3O3S/c1-14(25)15-5-7-18(8-6-15)27-13-20(26)22-17-4-2-3-16(11-17)19-12-24-9-10-28-21(24)23-19/h2-8,11-12H,9-10,13H2,1H3,(H,22,26). The fraction of sp³-hybridized carbons (Fsp3) is 0.190. The third-order valence-corrected chi connectivity index (χ3v) is 5.35. The molecule has 28 heavy (non-hydrogen) atoms. The molecule has 4 rings (SSSR count). The molecule has 0 saturated carbocycles. The summed E-state index contributed by atoms with van der Waals surface area (Å²) in [5, 5.41) is 3.88. The van der Waals surface area contributed by atoms with E-state index in [1.165, 1.54) is 6.92 Å². The van der Waals surface area contributed by atoms with Gasteiger partial charge in [0.2, 0.25) is 0 Å². The van der Waals surface area contributed by atoms with Crippen LogP contribution in [0.4, 0.5) is 5.69 Å². The molecule has 0 radical (unpaired) electrons. The second-order valence-corrected chi connectivity index (χ2v) is 7.51. The Morgan fingerprint density at radius 3 is 2.79 bits per heavy atom. The van der Waals surface area contributed by atoms with Crippen LogP contribution in [0.25, 0.3) is 11.3 Å². The van der Waals surface area contributed by atoms with E-state index in [9.17, 15) is 9.59 Å². The van der Waals surface area contributed by atoms with Crippen LogP contribution in [0.1, 0.15) is 17.3 Å². The second kappa shape index (κ2) is 7.90. The lowest BCUT2D eigenvalue weighted by molar-refractivity contribution is -0.118. The highest BCUT2D eigenvalue weighted by Gasteiger charge is 2.15. The van der Waals surface area contributed by atoms with E-state index in [0.29, 0.717) is 17.0 Å². The van der Waals surface area contributed by atoms with Crippen molar-refractivity contribution in [1.82, 2.24) is 9.55 Å². The zero-order valence-corrected chi connectivity index (χ0v) is 16.2. The van der Waals surface area contributed by atoms with Gasteiger partial charge >= 0.3 is 0 Å². The normalized spacial score (nSPS) is 12.5. The molecule has 1 amide bonds. The number of anilines is 1. The van der Waals surface area contributed by atoms with Crippen molar-refractivity contribution in [3.63, 3.8) is 0 Å². The molecule has 2 heterocycles. The van der Waals surface area contributed by atoms with E-state index >= 15 is 0 Å². The van der Waals surface area contributed by atoms with Crippen LogP contribution in [0.2, 0.25) is 0 Å². The number of fused-ring (bicyclic) bond motifs is 1. The molecule has 0 atom stereocenters. The molecule has 1 N–H and O–H groups in total. The van der Waals surface area contributed by atoms with Gasteiger partial charge in [0.15, 0.2) is 17.5 Å². The van der Waals surface area contributed by atoms with Gasteiger partial charge in [0.25, 0.3) is 5.91 Å². The number of aryl methyl sites for hydroxylation is 1. The zero-order chi connectivity index (χ0) is 19.5. The van der Waals surface area contributed by atoms with Gasteiger partial charge in [-0.25, -0.2) is 4.98 Å². The number of aromatic nitrogens is 2. The fourth-order valence-corrected chi connectivity index (χ4v) is 3.88. The number of carbonyl (C=O) groups is 2. The predicted molar refractivity (Wildman–Crippen MR) is 109 cm³/mol. The van der Waals surface area contributed by atoms with Gasteiger partial charge in [-0.3, -0.25) is 9.59 Å². The van der Waals surface area contributed by atoms with Gasteiger partial charge in [-0.15, -0.1) is 0 Å². The van der Waals surface area contributed by atoms with Crippen LogP contribution in [0.3, 0.4) is 0 Å². The smallest absolute Gasteiger partial charge is 0.262 e. The van der Waals surface area contributed by atoms with Gasteiger partial charge in [0, 0.05) is 35.3 Å². The molecule has 142 valence electrons. The molecule has 0 fully saturated rings. The molecule has 0 aliphatic carbocycles. The largest absolute Gasteiger partial charge is 0.484 e. The molecule has 0 unspecified atom stereocenters. The lowest BCUT2D eigenvalue weighted by Gasteiger charge is -2.09. The number of benzene rings is 2. The van der Waals surface area contributed by atoms with E-state index in [2.05, 4.69) is 14.9 Å². The Balaban J connectivity index is 1.37. The summed E-state index contributed by atoms with van der Waals surface area (Å²) >= 11 is 1.75. The number of amides is 1. The molecule has 1 aliphatic heterocycles. The Morgan fingerprint density at radius 2 is 2.04 bits per heavy atom. The first kappa shape index (κ1) is 18.3. The number of nitrogens with one attached hydrogen (secondary N) is 1. The maximum atomic E-state index is 12.2. The Bertz CT molecular complexity index is 1010. The highest BCUT2D eigenvalue weighted by molar-refractivity contribution is 7.99. The summed E-state index contributed by atoms with van der Waals surface area (Å²) in [5.41, 5.74) is 3.16. The molecule has 2 aromatic carbocycles. The minimum atomic E-state index is -0.254. The molecule has 0 spiro atoms. The van der Waals surface area contributed by atoms with Gasteiger partial charge in [-0.2, -0.15) is 0 Å². The quantitative estimate of drug-likeness (QED) is 0.644. The lowest BCUT2D eigenvalue weighted by atomic mass is 10.1. The number of hydrogen-bond donors (Lipinski definition) is 1. The molecule has 1 aliphatic rings. The first-order valence-electron chi connectivity index (χ1n) is 8.92. The van der Waals surface area contributed by atoms with Gasteiger partial charge in [0.1, 0.15) is 5.75 Å². The van der Waals surface area contributed by atoms with Crippen molar-refractivity contribution in [3.8, 4) is 17.0 Å². The highest BCUT2D eigenvalue weighted by atomic mass is 32.2. The van der Waals surface area contributed by atoms with Crippen LogP contribution in [-0.4, -0.2) is 33.6 Å². The van der Waals surface area contributed by atoms with E-state index in [0.717, 1.165) is 28.7 Å². The third-order valence-electron chi connectivity index (χ3n) is 4.38. The Labute approximate surface area is 166 Å². The Hall–Kier alpha value is -3.06. The van der Waals surface area contributed by atoms with Gasteiger partial charge in [-0.05, 0) is 43.3 Å². The van der Waals surface area contributed by atoms with Crippen molar-refractivity contribution in [3.05, 3.63) is 60.3 Å². The van der Waals surface area contributed by atoms with E-state index in [-0.39, 0.29) is 18.3 Å². The van der Waals surface area contributed by atoms with E-state index in [1.54, 1.807) is 36.0 Å². The zero-order valence-electron chi connectivity index (χ0n) is 15.3. The van der Waals surface area contributed by atoms with Crippen molar-refractivity contribution in [2.24, 2.45) is 0 Å². The van der Waals surface area contributed by atoms with Crippen LogP contribution in [0, 0.1) is 0 Å². The number of rotatable bonds is 6. The maximum absolute atomic E-state index is 12.2. The van der Waals surface area contributed by atoms with Crippen molar-refractivity contribution in [2.45, 2.75) is 18.6 Å². The molecule has 1 aromatic heterocycles. The lowest BCUT2D eigenvalue weighted by Crippen LogP contribution is -2.20. The van der Waals surface area contributed by atoms with E-state index < -0.39 is 0 Å². The Morgan fingerprint density at radius 1 is 1.21 bits per heavy atom. The number of ether oxygens (including phenoxy) is 1. The SMILES string of the molecule is CC(=O)c1ccc(OCC(=O)Nc2cccc(-c3cn4c(n3)SCC4)c2)cc1. The average Bonchev–Trinajstić information content (AvgIpc) is 3.29. The molecule has 0 bridgehead atoms. The number of imidazole rings is 1. The maximum Gasteiger partial charge on any atom is 0.262 e. The van der Waals surface area contributed by atoms with Gasteiger partial charge in [0.05, 0.1) is 5.69 Å². The third kappa shape index (κ3) is 4.09. The molecule has 7 heteroatoms. The molecular formula is C21H19N3O3S. The van der Waals surface area contributed by atoms with Crippen molar-refractivity contribution >= 4 is 29.1 Å². The minimum absolute atomic E-state index is 0.00860. The topological polar surface area (TPSA) is 73.2 Å².